The van der Waals surface area contributed by atoms with E-state index in [9.17, 15) is 9.59 Å². The summed E-state index contributed by atoms with van der Waals surface area (Å²) in [7, 11) is 0. The summed E-state index contributed by atoms with van der Waals surface area (Å²) in [6.07, 6.45) is 1.87. The van der Waals surface area contributed by atoms with Gasteiger partial charge in [-0.3, -0.25) is 14.5 Å². The van der Waals surface area contributed by atoms with Crippen LogP contribution in [-0.2, 0) is 9.59 Å². The highest BCUT2D eigenvalue weighted by Crippen LogP contribution is 2.40. The molecular weight excluding hydrogens is 312 g/mol. The first-order valence-corrected chi connectivity index (χ1v) is 9.81. The van der Waals surface area contributed by atoms with Gasteiger partial charge in [-0.2, -0.15) is 0 Å². The molecule has 1 unspecified atom stereocenters. The standard InChI is InChI=1S/C21H38N2O2/c1-19(2,3)17(24)16-13-22(14-21(16,7)8)18(25)15-9-11-23(12-10-15)20(4,5)6/h15-16H,9-14H2,1-8H3. The molecule has 1 atom stereocenters. The van der Waals surface area contributed by atoms with Crippen molar-refractivity contribution < 1.29 is 9.59 Å². The predicted molar refractivity (Wildman–Crippen MR) is 102 cm³/mol. The van der Waals surface area contributed by atoms with E-state index in [0.29, 0.717) is 13.1 Å². The van der Waals surface area contributed by atoms with E-state index in [1.54, 1.807) is 0 Å². The molecule has 144 valence electrons. The number of nitrogens with zero attached hydrogens (tertiary/aromatic N) is 2. The molecule has 1 amide bonds. The Morgan fingerprint density at radius 2 is 1.48 bits per heavy atom. The van der Waals surface area contributed by atoms with E-state index in [2.05, 4.69) is 39.5 Å². The average molecular weight is 351 g/mol. The summed E-state index contributed by atoms with van der Waals surface area (Å²) in [5, 5.41) is 0. The Morgan fingerprint density at radius 1 is 0.960 bits per heavy atom. The second-order valence-electron chi connectivity index (χ2n) is 10.8. The molecule has 25 heavy (non-hydrogen) atoms. The zero-order chi connectivity index (χ0) is 19.2. The van der Waals surface area contributed by atoms with Gasteiger partial charge in [0.2, 0.25) is 5.91 Å². The Kier molecular flexibility index (Phi) is 5.45. The monoisotopic (exact) mass is 350 g/mol. The third kappa shape index (κ3) is 4.45. The largest absolute Gasteiger partial charge is 0.341 e. The topological polar surface area (TPSA) is 40.6 Å². The van der Waals surface area contributed by atoms with Crippen LogP contribution in [0.25, 0.3) is 0 Å². The van der Waals surface area contributed by atoms with Crippen molar-refractivity contribution >= 4 is 11.7 Å². The molecule has 4 heteroatoms. The number of piperidine rings is 1. The van der Waals surface area contributed by atoms with Crippen LogP contribution >= 0.6 is 0 Å². The summed E-state index contributed by atoms with van der Waals surface area (Å²) in [6, 6.07) is 0. The first kappa shape index (κ1) is 20.4. The van der Waals surface area contributed by atoms with Gasteiger partial charge in [0.05, 0.1) is 0 Å². The number of hydrogen-bond acceptors (Lipinski definition) is 3. The third-order valence-electron chi connectivity index (χ3n) is 6.10. The molecule has 2 rings (SSSR count). The van der Waals surface area contributed by atoms with Crippen LogP contribution in [0, 0.1) is 22.7 Å². The number of ketones is 1. The Morgan fingerprint density at radius 3 is 1.92 bits per heavy atom. The van der Waals surface area contributed by atoms with Crippen LogP contribution in [-0.4, -0.2) is 53.2 Å². The summed E-state index contributed by atoms with van der Waals surface area (Å²) in [5.41, 5.74) is -0.306. The molecule has 2 fully saturated rings. The van der Waals surface area contributed by atoms with E-state index in [-0.39, 0.29) is 39.9 Å². The SMILES string of the molecule is CC(C)(C)C(=O)C1CN(C(=O)C2CCN(C(C)(C)C)CC2)CC1(C)C. The van der Waals surface area contributed by atoms with Gasteiger partial charge in [-0.1, -0.05) is 34.6 Å². The number of rotatable bonds is 2. The maximum absolute atomic E-state index is 13.1. The second-order valence-corrected chi connectivity index (χ2v) is 10.8. The van der Waals surface area contributed by atoms with Crippen LogP contribution < -0.4 is 0 Å². The highest BCUT2D eigenvalue weighted by atomic mass is 16.2. The molecule has 0 spiro atoms. The highest BCUT2D eigenvalue weighted by molar-refractivity contribution is 5.88. The minimum absolute atomic E-state index is 0.0499. The van der Waals surface area contributed by atoms with Crippen molar-refractivity contribution in [3.63, 3.8) is 0 Å². The van der Waals surface area contributed by atoms with Gasteiger partial charge < -0.3 is 4.90 Å². The van der Waals surface area contributed by atoms with Crippen molar-refractivity contribution in [2.75, 3.05) is 26.2 Å². The smallest absolute Gasteiger partial charge is 0.225 e. The van der Waals surface area contributed by atoms with Gasteiger partial charge in [0.15, 0.2) is 0 Å². The maximum atomic E-state index is 13.1. The van der Waals surface area contributed by atoms with Gasteiger partial charge >= 0.3 is 0 Å². The van der Waals surface area contributed by atoms with Gasteiger partial charge in [-0.15, -0.1) is 0 Å². The fourth-order valence-electron chi connectivity index (χ4n) is 4.32. The summed E-state index contributed by atoms with van der Waals surface area (Å²) in [4.78, 5) is 30.3. The summed E-state index contributed by atoms with van der Waals surface area (Å²) in [5.74, 6) is 0.630. The summed E-state index contributed by atoms with van der Waals surface area (Å²) in [6.45, 7) is 20.2. The number of likely N-dealkylation sites (tertiary alicyclic amines) is 2. The van der Waals surface area contributed by atoms with E-state index in [1.807, 2.05) is 25.7 Å². The highest BCUT2D eigenvalue weighted by Gasteiger charge is 2.48. The van der Waals surface area contributed by atoms with Crippen LogP contribution in [0.15, 0.2) is 0 Å². The molecule has 4 nitrogen and oxygen atoms in total. The molecule has 0 aliphatic carbocycles. The van der Waals surface area contributed by atoms with E-state index >= 15 is 0 Å². The molecule has 0 N–H and O–H groups in total. The molecule has 0 radical (unpaired) electrons. The lowest BCUT2D eigenvalue weighted by molar-refractivity contribution is -0.137. The van der Waals surface area contributed by atoms with Crippen molar-refractivity contribution in [3.05, 3.63) is 0 Å². The Labute approximate surface area is 154 Å². The van der Waals surface area contributed by atoms with Crippen molar-refractivity contribution in [1.29, 1.82) is 0 Å². The van der Waals surface area contributed by atoms with E-state index in [4.69, 9.17) is 0 Å². The van der Waals surface area contributed by atoms with Gasteiger partial charge in [-0.25, -0.2) is 0 Å². The number of carbonyl (C=O) groups excluding carboxylic acids is 2. The fraction of sp³-hybridized carbons (Fsp3) is 0.905. The van der Waals surface area contributed by atoms with Crippen LogP contribution in [0.1, 0.15) is 68.2 Å². The molecule has 0 aromatic rings. The van der Waals surface area contributed by atoms with E-state index in [0.717, 1.165) is 25.9 Å². The number of amides is 1. The number of Topliss-reactive ketones (excluding diaryl/α,β-unsaturated/α-hetero) is 1. The predicted octanol–water partition coefficient (Wildman–Crippen LogP) is 3.60. The fourth-order valence-corrected chi connectivity index (χ4v) is 4.32. The second kappa shape index (κ2) is 6.68. The van der Waals surface area contributed by atoms with Gasteiger partial charge in [-0.05, 0) is 52.1 Å². The lowest BCUT2D eigenvalue weighted by atomic mass is 9.72. The zero-order valence-electron chi connectivity index (χ0n) is 17.6. The lowest BCUT2D eigenvalue weighted by Gasteiger charge is -2.41. The molecule has 2 heterocycles. The van der Waals surface area contributed by atoms with Crippen molar-refractivity contribution in [1.82, 2.24) is 9.80 Å². The molecule has 2 aliphatic rings. The molecule has 0 bridgehead atoms. The first-order chi connectivity index (χ1) is 11.2. The van der Waals surface area contributed by atoms with Crippen LogP contribution in [0.2, 0.25) is 0 Å². The van der Waals surface area contributed by atoms with Crippen LogP contribution in [0.4, 0.5) is 0 Å². The Bertz CT molecular complexity index is 517. The molecule has 0 aromatic heterocycles. The van der Waals surface area contributed by atoms with Crippen LogP contribution in [0.5, 0.6) is 0 Å². The number of hydrogen-bond donors (Lipinski definition) is 0. The van der Waals surface area contributed by atoms with E-state index < -0.39 is 0 Å². The zero-order valence-corrected chi connectivity index (χ0v) is 17.6. The average Bonchev–Trinajstić information content (AvgIpc) is 2.79. The third-order valence-corrected chi connectivity index (χ3v) is 6.10. The van der Waals surface area contributed by atoms with Gasteiger partial charge in [0, 0.05) is 35.9 Å². The lowest BCUT2D eigenvalue weighted by Crippen LogP contribution is -2.48. The van der Waals surface area contributed by atoms with Gasteiger partial charge in [0.25, 0.3) is 0 Å². The minimum atomic E-state index is -0.348. The molecule has 2 saturated heterocycles. The van der Waals surface area contributed by atoms with Crippen molar-refractivity contribution in [2.24, 2.45) is 22.7 Å². The molecule has 0 saturated carbocycles. The first-order valence-electron chi connectivity index (χ1n) is 9.81. The molecular formula is C21H38N2O2. The van der Waals surface area contributed by atoms with E-state index in [1.165, 1.54) is 0 Å². The van der Waals surface area contributed by atoms with Crippen molar-refractivity contribution in [3.8, 4) is 0 Å². The minimum Gasteiger partial charge on any atom is -0.341 e. The number of carbonyl (C=O) groups is 2. The summed E-state index contributed by atoms with van der Waals surface area (Å²) >= 11 is 0. The normalized spacial score (nSPS) is 26.1. The van der Waals surface area contributed by atoms with Gasteiger partial charge in [0.1, 0.15) is 5.78 Å². The molecule has 2 aliphatic heterocycles. The quantitative estimate of drug-likeness (QED) is 0.764. The maximum Gasteiger partial charge on any atom is 0.225 e. The molecule has 0 aromatic carbocycles. The summed E-state index contributed by atoms with van der Waals surface area (Å²) < 4.78 is 0. The van der Waals surface area contributed by atoms with Crippen molar-refractivity contribution in [2.45, 2.75) is 73.8 Å². The van der Waals surface area contributed by atoms with Crippen LogP contribution in [0.3, 0.4) is 0 Å². The Balaban J connectivity index is 2.01. The Hall–Kier alpha value is -0.900.